The fourth-order valence-corrected chi connectivity index (χ4v) is 3.12. The van der Waals surface area contributed by atoms with Gasteiger partial charge in [-0.1, -0.05) is 11.6 Å². The number of halogens is 1. The van der Waals surface area contributed by atoms with E-state index in [1.165, 1.54) is 11.3 Å². The number of nitrogens with one attached hydrogen (secondary N) is 2. The first-order valence-corrected chi connectivity index (χ1v) is 9.37. The molecule has 3 heterocycles. The number of aromatic nitrogens is 3. The Balaban J connectivity index is 1.76. The van der Waals surface area contributed by atoms with E-state index in [0.29, 0.717) is 15.8 Å². The molecule has 0 aromatic carbocycles. The first-order chi connectivity index (χ1) is 13.1. The summed E-state index contributed by atoms with van der Waals surface area (Å²) in [5.74, 6) is 0.240. The second kappa shape index (κ2) is 8.90. The van der Waals surface area contributed by atoms with Gasteiger partial charge in [0, 0.05) is 30.6 Å². The van der Waals surface area contributed by atoms with Crippen LogP contribution in [0.5, 0.6) is 0 Å². The van der Waals surface area contributed by atoms with E-state index in [2.05, 4.69) is 25.6 Å². The summed E-state index contributed by atoms with van der Waals surface area (Å²) in [4.78, 5) is 24.9. The number of aryl methyl sites for hydroxylation is 1. The lowest BCUT2D eigenvalue weighted by atomic mass is 10.1. The Hall–Kier alpha value is -2.55. The predicted molar refractivity (Wildman–Crippen MR) is 106 cm³/mol. The highest BCUT2D eigenvalue weighted by Gasteiger charge is 2.19. The molecule has 0 fully saturated rings. The van der Waals surface area contributed by atoms with Gasteiger partial charge in [0.1, 0.15) is 5.82 Å². The number of ether oxygens (including phenoxy) is 1. The Morgan fingerprint density at radius 2 is 2.15 bits per heavy atom. The van der Waals surface area contributed by atoms with Crippen LogP contribution in [0.2, 0.25) is 5.02 Å². The Bertz CT molecular complexity index is 903. The van der Waals surface area contributed by atoms with Gasteiger partial charge in [-0.3, -0.25) is 9.78 Å². The molecule has 0 saturated heterocycles. The van der Waals surface area contributed by atoms with Crippen LogP contribution in [-0.4, -0.2) is 34.6 Å². The molecule has 0 unspecified atom stereocenters. The molecule has 0 bridgehead atoms. The van der Waals surface area contributed by atoms with Crippen molar-refractivity contribution in [2.45, 2.75) is 13.0 Å². The van der Waals surface area contributed by atoms with E-state index in [-0.39, 0.29) is 12.5 Å². The highest BCUT2D eigenvalue weighted by molar-refractivity contribution is 7.11. The zero-order valence-electron chi connectivity index (χ0n) is 14.8. The topological polar surface area (TPSA) is 89.0 Å². The minimum atomic E-state index is -0.397. The van der Waals surface area contributed by atoms with Crippen molar-refractivity contribution in [2.75, 3.05) is 19.0 Å². The van der Waals surface area contributed by atoms with Crippen molar-refractivity contribution in [1.29, 1.82) is 0 Å². The van der Waals surface area contributed by atoms with Crippen molar-refractivity contribution < 1.29 is 9.53 Å². The molecule has 0 aliphatic rings. The van der Waals surface area contributed by atoms with Gasteiger partial charge in [-0.2, -0.15) is 0 Å². The Morgan fingerprint density at radius 1 is 1.30 bits per heavy atom. The highest BCUT2D eigenvalue weighted by Crippen LogP contribution is 2.26. The highest BCUT2D eigenvalue weighted by atomic mass is 35.5. The molecule has 3 aromatic rings. The fraction of sp³-hybridized carbons (Fsp3) is 0.222. The molecule has 7 nitrogen and oxygen atoms in total. The standard InChI is InChI=1S/C18H18ClN5O2S/c1-11-3-4-13(9-21-11)23-16-14(19)7-12(8-22-16)15(10-26-2)24-17(25)18-20-5-6-27-18/h3-9,15H,10H2,1-2H3,(H,22,23)(H,24,25)/t15-/m0/s1. The van der Waals surface area contributed by atoms with E-state index in [0.717, 1.165) is 16.9 Å². The van der Waals surface area contributed by atoms with Crippen LogP contribution in [0.3, 0.4) is 0 Å². The molecule has 3 aromatic heterocycles. The molecular formula is C18H18ClN5O2S. The average molecular weight is 404 g/mol. The molecular weight excluding hydrogens is 386 g/mol. The molecule has 140 valence electrons. The molecule has 0 aliphatic carbocycles. The number of rotatable bonds is 7. The number of pyridine rings is 2. The van der Waals surface area contributed by atoms with E-state index in [9.17, 15) is 4.79 Å². The van der Waals surface area contributed by atoms with E-state index in [1.54, 1.807) is 37.1 Å². The summed E-state index contributed by atoms with van der Waals surface area (Å²) in [6.07, 6.45) is 4.95. The Labute approximate surface area is 165 Å². The maximum absolute atomic E-state index is 12.3. The van der Waals surface area contributed by atoms with Crippen LogP contribution in [0.25, 0.3) is 0 Å². The summed E-state index contributed by atoms with van der Waals surface area (Å²) < 4.78 is 5.23. The molecule has 9 heteroatoms. The molecule has 0 spiro atoms. The second-order valence-electron chi connectivity index (χ2n) is 5.73. The fourth-order valence-electron chi connectivity index (χ4n) is 2.36. The van der Waals surface area contributed by atoms with Crippen LogP contribution in [0.15, 0.2) is 42.2 Å². The molecule has 1 atom stereocenters. The number of carbonyl (C=O) groups is 1. The zero-order valence-corrected chi connectivity index (χ0v) is 16.3. The first-order valence-electron chi connectivity index (χ1n) is 8.11. The number of methoxy groups -OCH3 is 1. The van der Waals surface area contributed by atoms with Gasteiger partial charge in [-0.05, 0) is 30.7 Å². The zero-order chi connectivity index (χ0) is 19.2. The summed E-state index contributed by atoms with van der Waals surface area (Å²) in [6, 6.07) is 5.15. The number of carbonyl (C=O) groups excluding carboxylic acids is 1. The van der Waals surface area contributed by atoms with Crippen molar-refractivity contribution in [3.05, 3.63) is 63.5 Å². The van der Waals surface area contributed by atoms with Crippen LogP contribution in [0.1, 0.15) is 27.1 Å². The largest absolute Gasteiger partial charge is 0.382 e. The van der Waals surface area contributed by atoms with Crippen LogP contribution in [-0.2, 0) is 4.74 Å². The van der Waals surface area contributed by atoms with Gasteiger partial charge in [-0.15, -0.1) is 11.3 Å². The lowest BCUT2D eigenvalue weighted by Crippen LogP contribution is -2.31. The number of hydrogen-bond donors (Lipinski definition) is 2. The minimum Gasteiger partial charge on any atom is -0.382 e. The van der Waals surface area contributed by atoms with Crippen molar-refractivity contribution in [3.8, 4) is 0 Å². The van der Waals surface area contributed by atoms with Gasteiger partial charge < -0.3 is 15.4 Å². The second-order valence-corrected chi connectivity index (χ2v) is 7.03. The smallest absolute Gasteiger partial charge is 0.280 e. The van der Waals surface area contributed by atoms with Crippen LogP contribution < -0.4 is 10.6 Å². The predicted octanol–water partition coefficient (Wildman–Crippen LogP) is 3.76. The molecule has 27 heavy (non-hydrogen) atoms. The van der Waals surface area contributed by atoms with Crippen molar-refractivity contribution in [3.63, 3.8) is 0 Å². The number of nitrogens with zero attached hydrogens (tertiary/aromatic N) is 3. The van der Waals surface area contributed by atoms with Crippen LogP contribution in [0.4, 0.5) is 11.5 Å². The molecule has 0 aliphatic heterocycles. The SMILES string of the molecule is COC[C@H](NC(=O)c1nccs1)c1cnc(Nc2ccc(C)nc2)c(Cl)c1. The lowest BCUT2D eigenvalue weighted by molar-refractivity contribution is 0.0896. The van der Waals surface area contributed by atoms with Crippen LogP contribution >= 0.6 is 22.9 Å². The maximum Gasteiger partial charge on any atom is 0.280 e. The average Bonchev–Trinajstić information content (AvgIpc) is 3.20. The molecule has 0 saturated carbocycles. The maximum atomic E-state index is 12.3. The lowest BCUT2D eigenvalue weighted by Gasteiger charge is -2.18. The van der Waals surface area contributed by atoms with Gasteiger partial charge in [-0.25, -0.2) is 9.97 Å². The number of amides is 1. The van der Waals surface area contributed by atoms with E-state index in [4.69, 9.17) is 16.3 Å². The molecule has 3 rings (SSSR count). The normalized spacial score (nSPS) is 11.8. The third-order valence-corrected chi connectivity index (χ3v) is 4.76. The third-order valence-electron chi connectivity index (χ3n) is 3.70. The Morgan fingerprint density at radius 3 is 2.78 bits per heavy atom. The van der Waals surface area contributed by atoms with Gasteiger partial charge in [0.25, 0.3) is 5.91 Å². The third kappa shape index (κ3) is 5.00. The van der Waals surface area contributed by atoms with E-state index in [1.807, 2.05) is 19.1 Å². The van der Waals surface area contributed by atoms with Gasteiger partial charge in [0.2, 0.25) is 0 Å². The molecule has 2 N–H and O–H groups in total. The molecule has 1 amide bonds. The monoisotopic (exact) mass is 403 g/mol. The van der Waals surface area contributed by atoms with Gasteiger partial charge >= 0.3 is 0 Å². The summed E-state index contributed by atoms with van der Waals surface area (Å²) in [5.41, 5.74) is 2.45. The van der Waals surface area contributed by atoms with Crippen molar-refractivity contribution in [2.24, 2.45) is 0 Å². The van der Waals surface area contributed by atoms with Gasteiger partial charge in [0.05, 0.1) is 29.6 Å². The van der Waals surface area contributed by atoms with E-state index < -0.39 is 6.04 Å². The number of hydrogen-bond acceptors (Lipinski definition) is 7. The number of anilines is 2. The summed E-state index contributed by atoms with van der Waals surface area (Å²) in [5, 5.41) is 8.59. The van der Waals surface area contributed by atoms with E-state index >= 15 is 0 Å². The number of thiazole rings is 1. The summed E-state index contributed by atoms with van der Waals surface area (Å²) in [7, 11) is 1.57. The summed E-state index contributed by atoms with van der Waals surface area (Å²) in [6.45, 7) is 2.20. The van der Waals surface area contributed by atoms with Crippen molar-refractivity contribution in [1.82, 2.24) is 20.3 Å². The van der Waals surface area contributed by atoms with Gasteiger partial charge in [0.15, 0.2) is 5.01 Å². The van der Waals surface area contributed by atoms with Crippen molar-refractivity contribution >= 4 is 40.4 Å². The minimum absolute atomic E-state index is 0.267. The first kappa shape index (κ1) is 19.2. The molecule has 0 radical (unpaired) electrons. The quantitative estimate of drug-likeness (QED) is 0.624. The summed E-state index contributed by atoms with van der Waals surface area (Å²) >= 11 is 7.65. The Kier molecular flexibility index (Phi) is 6.33. The van der Waals surface area contributed by atoms with Crippen LogP contribution in [0, 0.1) is 6.92 Å².